The Hall–Kier alpha value is -3.25. The number of nitrogens with zero attached hydrogens (tertiary/aromatic N) is 4. The molecule has 0 spiro atoms. The Kier molecular flexibility index (Phi) is 7.03. The molecule has 0 saturated carbocycles. The molecule has 202 valence electrons. The Morgan fingerprint density at radius 1 is 1.32 bits per heavy atom. The first-order valence-corrected chi connectivity index (χ1v) is 13.3. The van der Waals surface area contributed by atoms with Gasteiger partial charge in [-0.3, -0.25) is 14.7 Å². The van der Waals surface area contributed by atoms with Gasteiger partial charge in [-0.05, 0) is 37.5 Å². The van der Waals surface area contributed by atoms with E-state index in [1.165, 1.54) is 29.2 Å². The molecule has 1 N–H and O–H groups in total. The van der Waals surface area contributed by atoms with Gasteiger partial charge in [-0.25, -0.2) is 22.9 Å². The van der Waals surface area contributed by atoms with Crippen LogP contribution in [0.25, 0.3) is 0 Å². The summed E-state index contributed by atoms with van der Waals surface area (Å²) in [4.78, 5) is 37.3. The lowest BCUT2D eigenvalue weighted by Crippen LogP contribution is -2.47. The maximum absolute atomic E-state index is 15.2. The minimum absolute atomic E-state index is 0.0358. The maximum atomic E-state index is 15.2. The van der Waals surface area contributed by atoms with Crippen LogP contribution in [-0.2, 0) is 14.3 Å². The molecule has 38 heavy (non-hydrogen) atoms. The van der Waals surface area contributed by atoms with E-state index in [1.54, 1.807) is 42.5 Å². The van der Waals surface area contributed by atoms with E-state index in [9.17, 15) is 14.0 Å². The number of alkyl halides is 2. The average Bonchev–Trinajstić information content (AvgIpc) is 3.60. The van der Waals surface area contributed by atoms with Crippen molar-refractivity contribution in [3.8, 4) is 0 Å². The van der Waals surface area contributed by atoms with Crippen molar-refractivity contribution < 1.29 is 27.5 Å². The average molecular weight is 548 g/mol. The number of amides is 1. The Morgan fingerprint density at radius 3 is 2.79 bits per heavy atom. The Labute approximate surface area is 222 Å². The Balaban J connectivity index is 1.60. The maximum Gasteiger partial charge on any atom is 0.338 e. The molecule has 4 heterocycles. The highest BCUT2D eigenvalue weighted by atomic mass is 32.1. The monoisotopic (exact) mass is 547 g/mol. The number of esters is 1. The molecule has 3 aliphatic heterocycles. The van der Waals surface area contributed by atoms with Crippen LogP contribution in [0.15, 0.2) is 46.0 Å². The highest BCUT2D eigenvalue weighted by Gasteiger charge is 2.60. The van der Waals surface area contributed by atoms with E-state index in [2.05, 4.69) is 10.3 Å². The van der Waals surface area contributed by atoms with Gasteiger partial charge >= 0.3 is 5.97 Å². The molecule has 3 aliphatic rings. The van der Waals surface area contributed by atoms with Gasteiger partial charge < -0.3 is 15.0 Å². The summed E-state index contributed by atoms with van der Waals surface area (Å²) in [6, 6.07) is 1.81. The summed E-state index contributed by atoms with van der Waals surface area (Å²) < 4.78 is 50.4. The number of nitrogens with one attached hydrogen (secondary N) is 1. The molecule has 0 bridgehead atoms. The molecule has 12 heteroatoms. The van der Waals surface area contributed by atoms with Crippen LogP contribution in [0.3, 0.4) is 0 Å². The smallest absolute Gasteiger partial charge is 0.338 e. The number of fused-ring (bicyclic) bond motifs is 1. The number of hydrogen-bond donors (Lipinski definition) is 1. The third kappa shape index (κ3) is 4.60. The second-order valence-electron chi connectivity index (χ2n) is 9.59. The molecular weight excluding hydrogens is 519 g/mol. The van der Waals surface area contributed by atoms with Gasteiger partial charge in [0.15, 0.2) is 10.8 Å². The van der Waals surface area contributed by atoms with Gasteiger partial charge in [-0.2, -0.15) is 0 Å². The van der Waals surface area contributed by atoms with E-state index in [4.69, 9.17) is 9.73 Å². The van der Waals surface area contributed by atoms with Crippen molar-refractivity contribution in [2.45, 2.75) is 51.2 Å². The number of thiazole rings is 1. The SMILES string of the molecule is CCOC(=O)C1=C(CN2CC(F)(F)[C@H]3[C@@H]2CCN3C(C)=O)NC(c2nccs2)=N[C@H]1c1cccc(F)c1C. The lowest BCUT2D eigenvalue weighted by molar-refractivity contribution is -0.139. The van der Waals surface area contributed by atoms with Crippen molar-refractivity contribution >= 4 is 29.0 Å². The topological polar surface area (TPSA) is 87.1 Å². The number of benzene rings is 1. The van der Waals surface area contributed by atoms with Gasteiger partial charge in [-0.1, -0.05) is 12.1 Å². The number of aliphatic imine (C=N–C) groups is 1. The predicted molar refractivity (Wildman–Crippen MR) is 135 cm³/mol. The van der Waals surface area contributed by atoms with E-state index in [-0.39, 0.29) is 31.2 Å². The standard InChI is InChI=1S/C26H28F3N5O3S/c1-4-37-25(36)20-18(12-33-13-26(28,29)22-19(33)8-10-34(22)15(3)35)31-23(24-30-9-11-38-24)32-21(20)16-6-5-7-17(27)14(16)2/h5-7,9,11,19,21-22H,4,8,10,12-13H2,1-3H3,(H,31,32)/t19-,21-,22+/m0/s1. The minimum atomic E-state index is -3.11. The van der Waals surface area contributed by atoms with Crippen molar-refractivity contribution in [2.75, 3.05) is 26.2 Å². The summed E-state index contributed by atoms with van der Waals surface area (Å²) >= 11 is 1.32. The highest BCUT2D eigenvalue weighted by Crippen LogP contribution is 2.43. The normalized spacial score (nSPS) is 24.7. The lowest BCUT2D eigenvalue weighted by atomic mass is 9.92. The van der Waals surface area contributed by atoms with Crippen LogP contribution in [0, 0.1) is 12.7 Å². The van der Waals surface area contributed by atoms with Crippen LogP contribution in [0.1, 0.15) is 42.4 Å². The zero-order valence-electron chi connectivity index (χ0n) is 21.2. The molecule has 1 amide bonds. The number of hydrogen-bond acceptors (Lipinski definition) is 8. The summed E-state index contributed by atoms with van der Waals surface area (Å²) in [6.07, 6.45) is 2.00. The summed E-state index contributed by atoms with van der Waals surface area (Å²) in [5, 5.41) is 5.47. The fraction of sp³-hybridized carbons (Fsp3) is 0.462. The predicted octanol–water partition coefficient (Wildman–Crippen LogP) is 3.44. The third-order valence-electron chi connectivity index (χ3n) is 7.31. The zero-order valence-corrected chi connectivity index (χ0v) is 22.0. The van der Waals surface area contributed by atoms with E-state index < -0.39 is 42.4 Å². The molecular formula is C26H28F3N5O3S. The number of carbonyl (C=O) groups excluding carboxylic acids is 2. The number of aromatic nitrogens is 1. The third-order valence-corrected chi connectivity index (χ3v) is 8.09. The van der Waals surface area contributed by atoms with E-state index >= 15 is 8.78 Å². The molecule has 1 aromatic heterocycles. The van der Waals surface area contributed by atoms with Gasteiger partial charge in [0, 0.05) is 43.3 Å². The van der Waals surface area contributed by atoms with Crippen molar-refractivity contribution in [1.29, 1.82) is 0 Å². The van der Waals surface area contributed by atoms with E-state index in [0.29, 0.717) is 34.1 Å². The van der Waals surface area contributed by atoms with Crippen LogP contribution in [0.4, 0.5) is 13.2 Å². The molecule has 0 unspecified atom stereocenters. The van der Waals surface area contributed by atoms with Crippen molar-refractivity contribution in [3.05, 3.63) is 63.0 Å². The molecule has 8 nitrogen and oxygen atoms in total. The highest BCUT2D eigenvalue weighted by molar-refractivity contribution is 7.11. The molecule has 0 aliphatic carbocycles. The first-order chi connectivity index (χ1) is 18.1. The molecule has 3 atom stereocenters. The molecule has 0 radical (unpaired) electrons. The first kappa shape index (κ1) is 26.4. The number of rotatable bonds is 6. The fourth-order valence-electron chi connectivity index (χ4n) is 5.64. The molecule has 2 saturated heterocycles. The number of carbonyl (C=O) groups is 2. The van der Waals surface area contributed by atoms with Crippen molar-refractivity contribution in [3.63, 3.8) is 0 Å². The van der Waals surface area contributed by atoms with Crippen molar-refractivity contribution in [1.82, 2.24) is 20.1 Å². The van der Waals surface area contributed by atoms with Crippen LogP contribution in [0.5, 0.6) is 0 Å². The number of halogens is 3. The summed E-state index contributed by atoms with van der Waals surface area (Å²) in [5.41, 5.74) is 1.27. The van der Waals surface area contributed by atoms with Gasteiger partial charge in [0.2, 0.25) is 5.91 Å². The molecule has 1 aromatic carbocycles. The van der Waals surface area contributed by atoms with Crippen LogP contribution >= 0.6 is 11.3 Å². The quantitative estimate of drug-likeness (QED) is 0.558. The van der Waals surface area contributed by atoms with E-state index in [1.807, 2.05) is 0 Å². The van der Waals surface area contributed by atoms with Gasteiger partial charge in [0.1, 0.15) is 17.9 Å². The second kappa shape index (κ2) is 10.1. The number of likely N-dealkylation sites (tertiary alicyclic amines) is 2. The first-order valence-electron chi connectivity index (χ1n) is 12.4. The second-order valence-corrected chi connectivity index (χ2v) is 10.5. The lowest BCUT2D eigenvalue weighted by Gasteiger charge is -2.31. The fourth-order valence-corrected chi connectivity index (χ4v) is 6.23. The summed E-state index contributed by atoms with van der Waals surface area (Å²) in [5.74, 6) is -4.26. The molecule has 2 aromatic rings. The number of ether oxygens (including phenoxy) is 1. The van der Waals surface area contributed by atoms with Gasteiger partial charge in [0.05, 0.1) is 18.7 Å². The van der Waals surface area contributed by atoms with Gasteiger partial charge in [-0.15, -0.1) is 11.3 Å². The van der Waals surface area contributed by atoms with Crippen LogP contribution in [-0.4, -0.2) is 76.7 Å². The largest absolute Gasteiger partial charge is 0.463 e. The summed E-state index contributed by atoms with van der Waals surface area (Å²) in [7, 11) is 0. The van der Waals surface area contributed by atoms with Crippen LogP contribution in [0.2, 0.25) is 0 Å². The van der Waals surface area contributed by atoms with Crippen LogP contribution < -0.4 is 5.32 Å². The minimum Gasteiger partial charge on any atom is -0.463 e. The molecule has 5 rings (SSSR count). The zero-order chi connectivity index (χ0) is 27.2. The van der Waals surface area contributed by atoms with E-state index in [0.717, 1.165) is 0 Å². The summed E-state index contributed by atoms with van der Waals surface area (Å²) in [6.45, 7) is 4.30. The Morgan fingerprint density at radius 2 is 2.11 bits per heavy atom. The van der Waals surface area contributed by atoms with Crippen molar-refractivity contribution in [2.24, 2.45) is 4.99 Å². The number of amidine groups is 1. The molecule has 2 fully saturated rings. The van der Waals surface area contributed by atoms with Gasteiger partial charge in [0.25, 0.3) is 5.92 Å². The Bertz CT molecular complexity index is 1310.